The molecule has 2 aromatic rings. The third-order valence-electron chi connectivity index (χ3n) is 6.11. The van der Waals surface area contributed by atoms with Crippen LogP contribution >= 0.6 is 0 Å². The van der Waals surface area contributed by atoms with Crippen molar-refractivity contribution >= 4 is 5.91 Å². The normalized spacial score (nSPS) is 26.3. The van der Waals surface area contributed by atoms with Gasteiger partial charge in [-0.05, 0) is 72.9 Å². The number of carbonyl (C=O) groups excluding carboxylic acids is 1. The molecule has 2 bridgehead atoms. The largest absolute Gasteiger partial charge is 0.334 e. The van der Waals surface area contributed by atoms with Gasteiger partial charge in [0.1, 0.15) is 11.5 Å². The molecule has 4 rings (SSSR count). The summed E-state index contributed by atoms with van der Waals surface area (Å²) in [6, 6.07) is 10.5. The number of carbonyl (C=O) groups is 1. The molecule has 1 saturated heterocycles. The highest BCUT2D eigenvalue weighted by Crippen LogP contribution is 2.52. The van der Waals surface area contributed by atoms with Gasteiger partial charge in [0.05, 0.1) is 5.69 Å². The first kappa shape index (κ1) is 18.1. The minimum absolute atomic E-state index is 0.0167. The fourth-order valence-corrected chi connectivity index (χ4v) is 5.46. The van der Waals surface area contributed by atoms with Gasteiger partial charge < -0.3 is 4.90 Å². The van der Waals surface area contributed by atoms with E-state index in [1.54, 1.807) is 12.1 Å². The van der Waals surface area contributed by atoms with Crippen LogP contribution in [-0.4, -0.2) is 28.4 Å². The zero-order chi connectivity index (χ0) is 19.4. The number of amides is 1. The average Bonchev–Trinajstić information content (AvgIpc) is 2.83. The van der Waals surface area contributed by atoms with Crippen molar-refractivity contribution in [3.8, 4) is 11.3 Å². The number of rotatable bonds is 2. The smallest absolute Gasteiger partial charge is 0.272 e. The Morgan fingerprint density at radius 2 is 1.96 bits per heavy atom. The Morgan fingerprint density at radius 1 is 1.19 bits per heavy atom. The van der Waals surface area contributed by atoms with E-state index in [9.17, 15) is 9.18 Å². The number of benzene rings is 1. The van der Waals surface area contributed by atoms with Crippen molar-refractivity contribution < 1.29 is 9.18 Å². The second-order valence-corrected chi connectivity index (χ2v) is 9.51. The van der Waals surface area contributed by atoms with Crippen molar-refractivity contribution in [1.29, 1.82) is 0 Å². The molecule has 2 fully saturated rings. The van der Waals surface area contributed by atoms with Gasteiger partial charge in [0.2, 0.25) is 0 Å². The summed E-state index contributed by atoms with van der Waals surface area (Å²) in [5, 5.41) is 0. The molecule has 1 aromatic carbocycles. The van der Waals surface area contributed by atoms with E-state index in [-0.39, 0.29) is 22.6 Å². The lowest BCUT2D eigenvalue weighted by atomic mass is 9.65. The Hall–Kier alpha value is -2.23. The highest BCUT2D eigenvalue weighted by atomic mass is 19.1. The molecule has 1 amide bonds. The van der Waals surface area contributed by atoms with E-state index in [1.165, 1.54) is 12.1 Å². The molecule has 3 nitrogen and oxygen atoms in total. The quantitative estimate of drug-likeness (QED) is 0.728. The maximum absolute atomic E-state index is 13.4. The van der Waals surface area contributed by atoms with Crippen LogP contribution in [0.2, 0.25) is 0 Å². The van der Waals surface area contributed by atoms with Crippen molar-refractivity contribution in [2.24, 2.45) is 10.8 Å². The summed E-state index contributed by atoms with van der Waals surface area (Å²) >= 11 is 0. The van der Waals surface area contributed by atoms with Crippen molar-refractivity contribution in [1.82, 2.24) is 9.88 Å². The first-order valence-corrected chi connectivity index (χ1v) is 9.70. The number of hydrogen-bond acceptors (Lipinski definition) is 2. The monoisotopic (exact) mass is 366 g/mol. The van der Waals surface area contributed by atoms with Gasteiger partial charge in [-0.15, -0.1) is 0 Å². The van der Waals surface area contributed by atoms with Crippen LogP contribution in [0.3, 0.4) is 0 Å². The molecule has 1 saturated carbocycles. The summed E-state index contributed by atoms with van der Waals surface area (Å²) in [7, 11) is 0. The fourth-order valence-electron chi connectivity index (χ4n) is 5.46. The Balaban J connectivity index is 1.64. The van der Waals surface area contributed by atoms with Gasteiger partial charge in [-0.3, -0.25) is 4.79 Å². The predicted octanol–water partition coefficient (Wildman–Crippen LogP) is 5.24. The summed E-state index contributed by atoms with van der Waals surface area (Å²) < 4.78 is 13.4. The maximum atomic E-state index is 13.4. The number of likely N-dealkylation sites (tertiary alicyclic amines) is 1. The summed E-state index contributed by atoms with van der Waals surface area (Å²) in [5.41, 5.74) is 3.34. The third kappa shape index (κ3) is 3.38. The molecule has 4 heteroatoms. The molecular weight excluding hydrogens is 339 g/mol. The molecule has 27 heavy (non-hydrogen) atoms. The topological polar surface area (TPSA) is 33.2 Å². The number of aryl methyl sites for hydroxylation is 1. The lowest BCUT2D eigenvalue weighted by Gasteiger charge is -2.39. The number of fused-ring (bicyclic) bond motifs is 2. The molecule has 0 unspecified atom stereocenters. The van der Waals surface area contributed by atoms with E-state index in [1.807, 2.05) is 24.0 Å². The van der Waals surface area contributed by atoms with Crippen molar-refractivity contribution in [3.05, 3.63) is 53.5 Å². The van der Waals surface area contributed by atoms with Gasteiger partial charge in [0.15, 0.2) is 0 Å². The van der Waals surface area contributed by atoms with Crippen molar-refractivity contribution in [2.75, 3.05) is 6.54 Å². The van der Waals surface area contributed by atoms with Crippen molar-refractivity contribution in [2.45, 2.75) is 53.0 Å². The Bertz CT molecular complexity index is 907. The molecule has 0 radical (unpaired) electrons. The van der Waals surface area contributed by atoms with Crippen LogP contribution in [0.15, 0.2) is 36.4 Å². The predicted molar refractivity (Wildman–Crippen MR) is 105 cm³/mol. The Kier molecular flexibility index (Phi) is 4.13. The lowest BCUT2D eigenvalue weighted by Crippen LogP contribution is -2.38. The van der Waals surface area contributed by atoms with E-state index in [0.29, 0.717) is 17.4 Å². The minimum Gasteiger partial charge on any atom is -0.334 e. The second kappa shape index (κ2) is 6.15. The van der Waals surface area contributed by atoms with E-state index in [2.05, 4.69) is 25.8 Å². The van der Waals surface area contributed by atoms with E-state index < -0.39 is 0 Å². The molecule has 1 aromatic heterocycles. The summed E-state index contributed by atoms with van der Waals surface area (Å²) in [6.45, 7) is 9.59. The number of halogens is 1. The molecule has 2 heterocycles. The van der Waals surface area contributed by atoms with Gasteiger partial charge in [0.25, 0.3) is 5.91 Å². The second-order valence-electron chi connectivity index (χ2n) is 9.51. The minimum atomic E-state index is -0.260. The van der Waals surface area contributed by atoms with Gasteiger partial charge in [0, 0.05) is 18.2 Å². The molecular formula is C23H27FN2O. The molecule has 142 valence electrons. The number of hydrogen-bond donors (Lipinski definition) is 0. The first-order chi connectivity index (χ1) is 12.7. The van der Waals surface area contributed by atoms with Gasteiger partial charge in [-0.2, -0.15) is 0 Å². The first-order valence-electron chi connectivity index (χ1n) is 9.70. The summed E-state index contributed by atoms with van der Waals surface area (Å²) in [4.78, 5) is 19.9. The van der Waals surface area contributed by atoms with Crippen LogP contribution in [0.25, 0.3) is 11.3 Å². The standard InChI is InChI=1S/C23H27FN2O/c1-15-10-16(24)8-9-18(15)19-6-5-7-20(25-19)21(27)26-14-23(4)12-17(26)11-22(2,3)13-23/h5-10,17H,11-14H2,1-4H3/t17-,23-/m1/s1. The van der Waals surface area contributed by atoms with Crippen molar-refractivity contribution in [3.63, 3.8) is 0 Å². The number of pyridine rings is 1. The van der Waals surface area contributed by atoms with Gasteiger partial charge in [-0.1, -0.05) is 26.8 Å². The van der Waals surface area contributed by atoms with Crippen LogP contribution in [0.5, 0.6) is 0 Å². The molecule has 0 spiro atoms. The van der Waals surface area contributed by atoms with Crippen LogP contribution in [-0.2, 0) is 0 Å². The van der Waals surface area contributed by atoms with Gasteiger partial charge >= 0.3 is 0 Å². The highest BCUT2D eigenvalue weighted by Gasteiger charge is 2.51. The molecule has 2 aliphatic rings. The third-order valence-corrected chi connectivity index (χ3v) is 6.11. The molecule has 2 atom stereocenters. The zero-order valence-electron chi connectivity index (χ0n) is 16.6. The molecule has 0 N–H and O–H groups in total. The summed E-state index contributed by atoms with van der Waals surface area (Å²) in [6.07, 6.45) is 3.28. The Morgan fingerprint density at radius 3 is 2.70 bits per heavy atom. The number of aromatic nitrogens is 1. The van der Waals surface area contributed by atoms with Crippen LogP contribution in [0.4, 0.5) is 4.39 Å². The lowest BCUT2D eigenvalue weighted by molar-refractivity contribution is 0.0702. The Labute approximate surface area is 160 Å². The maximum Gasteiger partial charge on any atom is 0.272 e. The molecule has 1 aliphatic heterocycles. The molecule has 1 aliphatic carbocycles. The van der Waals surface area contributed by atoms with E-state index in [4.69, 9.17) is 0 Å². The fraction of sp³-hybridized carbons (Fsp3) is 0.478. The number of nitrogens with zero attached hydrogens (tertiary/aromatic N) is 2. The van der Waals surface area contributed by atoms with Gasteiger partial charge in [-0.25, -0.2) is 9.37 Å². The van der Waals surface area contributed by atoms with E-state index in [0.717, 1.165) is 36.9 Å². The van der Waals surface area contributed by atoms with E-state index >= 15 is 0 Å². The van der Waals surface area contributed by atoms with Crippen LogP contribution in [0.1, 0.15) is 56.1 Å². The highest BCUT2D eigenvalue weighted by molar-refractivity contribution is 5.93. The zero-order valence-corrected chi connectivity index (χ0v) is 16.6. The summed E-state index contributed by atoms with van der Waals surface area (Å²) in [5.74, 6) is -0.244. The van der Waals surface area contributed by atoms with Crippen LogP contribution < -0.4 is 0 Å². The van der Waals surface area contributed by atoms with Crippen LogP contribution in [0, 0.1) is 23.6 Å². The average molecular weight is 366 g/mol. The SMILES string of the molecule is Cc1cc(F)ccc1-c1cccc(C(=O)N2C[C@]3(C)C[C@H]2CC(C)(C)C3)n1.